The molecule has 2 nitrogen and oxygen atoms in total. The molecule has 4 rings (SSSR count). The van der Waals surface area contributed by atoms with Crippen molar-refractivity contribution >= 4 is 5.69 Å². The Balaban J connectivity index is 1.89. The van der Waals surface area contributed by atoms with Gasteiger partial charge in [-0.25, -0.2) is 0 Å². The van der Waals surface area contributed by atoms with E-state index in [1.165, 1.54) is 22.4 Å². The molecular weight excluding hydrogens is 234 g/mol. The Morgan fingerprint density at radius 1 is 1.21 bits per heavy atom. The van der Waals surface area contributed by atoms with Gasteiger partial charge < -0.3 is 10.4 Å². The Hall–Kier alpha value is -1.96. The SMILES string of the molecule is Cc1cc2c(c(C)c1O)C1Cc3ccccc3C1N2. The molecule has 0 spiro atoms. The van der Waals surface area contributed by atoms with E-state index in [0.717, 1.165) is 17.5 Å². The van der Waals surface area contributed by atoms with Crippen molar-refractivity contribution in [3.05, 3.63) is 58.1 Å². The number of phenols is 1. The summed E-state index contributed by atoms with van der Waals surface area (Å²) in [5, 5.41) is 13.8. The topological polar surface area (TPSA) is 32.3 Å². The van der Waals surface area contributed by atoms with Gasteiger partial charge >= 0.3 is 0 Å². The Kier molecular flexibility index (Phi) is 2.03. The molecular formula is C17H17NO. The second-order valence-corrected chi connectivity index (χ2v) is 5.76. The highest BCUT2D eigenvalue weighted by molar-refractivity contribution is 5.70. The van der Waals surface area contributed by atoms with Gasteiger partial charge in [0.2, 0.25) is 0 Å². The smallest absolute Gasteiger partial charge is 0.121 e. The van der Waals surface area contributed by atoms with E-state index in [1.807, 2.05) is 13.8 Å². The molecule has 2 atom stereocenters. The summed E-state index contributed by atoms with van der Waals surface area (Å²) in [6, 6.07) is 11.1. The van der Waals surface area contributed by atoms with Crippen LogP contribution in [0.3, 0.4) is 0 Å². The number of rotatable bonds is 0. The van der Waals surface area contributed by atoms with E-state index in [1.54, 1.807) is 0 Å². The molecule has 0 saturated heterocycles. The van der Waals surface area contributed by atoms with Gasteiger partial charge in [0, 0.05) is 11.6 Å². The molecule has 0 saturated carbocycles. The number of nitrogens with one attached hydrogen (secondary N) is 1. The van der Waals surface area contributed by atoms with E-state index < -0.39 is 0 Å². The zero-order valence-electron chi connectivity index (χ0n) is 11.2. The Morgan fingerprint density at radius 2 is 2.00 bits per heavy atom. The van der Waals surface area contributed by atoms with Crippen LogP contribution in [0, 0.1) is 13.8 Å². The third kappa shape index (κ3) is 1.31. The summed E-state index contributed by atoms with van der Waals surface area (Å²) in [5.41, 5.74) is 7.37. The molecule has 2 aliphatic rings. The highest BCUT2D eigenvalue weighted by Gasteiger charge is 2.40. The van der Waals surface area contributed by atoms with Crippen molar-refractivity contribution in [2.75, 3.05) is 5.32 Å². The minimum Gasteiger partial charge on any atom is -0.507 e. The number of aryl methyl sites for hydroxylation is 1. The predicted molar refractivity (Wildman–Crippen MR) is 76.8 cm³/mol. The van der Waals surface area contributed by atoms with Gasteiger partial charge in [0.15, 0.2) is 0 Å². The van der Waals surface area contributed by atoms with Crippen molar-refractivity contribution in [3.63, 3.8) is 0 Å². The number of hydrogen-bond acceptors (Lipinski definition) is 2. The molecule has 2 unspecified atom stereocenters. The highest BCUT2D eigenvalue weighted by Crippen LogP contribution is 2.54. The van der Waals surface area contributed by atoms with Gasteiger partial charge in [0.05, 0.1) is 6.04 Å². The second-order valence-electron chi connectivity index (χ2n) is 5.76. The molecule has 0 amide bonds. The molecule has 1 aliphatic carbocycles. The van der Waals surface area contributed by atoms with Crippen LogP contribution < -0.4 is 5.32 Å². The third-order valence-corrected chi connectivity index (χ3v) is 4.70. The normalized spacial score (nSPS) is 22.6. The molecule has 0 fully saturated rings. The average Bonchev–Trinajstić information content (AvgIpc) is 2.91. The average molecular weight is 251 g/mol. The molecule has 0 aromatic heterocycles. The molecule has 2 aromatic carbocycles. The fourth-order valence-corrected chi connectivity index (χ4v) is 3.79. The van der Waals surface area contributed by atoms with E-state index in [9.17, 15) is 5.11 Å². The minimum atomic E-state index is 0.381. The van der Waals surface area contributed by atoms with E-state index in [-0.39, 0.29) is 0 Å². The van der Waals surface area contributed by atoms with Gasteiger partial charge in [0.1, 0.15) is 5.75 Å². The van der Waals surface area contributed by atoms with Gasteiger partial charge in [-0.05, 0) is 54.2 Å². The Bertz CT molecular complexity index is 690. The first-order valence-electron chi connectivity index (χ1n) is 6.84. The standard InChI is InChI=1S/C17H17NO/c1-9-7-14-15(10(2)17(9)19)13-8-11-5-3-4-6-12(11)16(13)18-14/h3-7,13,16,18-19H,8H2,1-2H3. The number of phenolic OH excluding ortho intramolecular Hbond substituents is 1. The number of benzene rings is 2. The summed E-state index contributed by atoms with van der Waals surface area (Å²) in [7, 11) is 0. The van der Waals surface area contributed by atoms with Crippen LogP contribution in [-0.2, 0) is 6.42 Å². The first kappa shape index (κ1) is 10.9. The molecule has 96 valence electrons. The molecule has 2 N–H and O–H groups in total. The lowest BCUT2D eigenvalue weighted by molar-refractivity contribution is 0.465. The van der Waals surface area contributed by atoms with E-state index in [2.05, 4.69) is 35.6 Å². The van der Waals surface area contributed by atoms with Gasteiger partial charge in [-0.3, -0.25) is 0 Å². The van der Waals surface area contributed by atoms with Crippen LogP contribution in [0.2, 0.25) is 0 Å². The first-order chi connectivity index (χ1) is 9.16. The lowest BCUT2D eigenvalue weighted by Crippen LogP contribution is -2.05. The molecule has 1 aliphatic heterocycles. The summed E-state index contributed by atoms with van der Waals surface area (Å²) in [6.45, 7) is 4.00. The van der Waals surface area contributed by atoms with Gasteiger partial charge in [-0.15, -0.1) is 0 Å². The third-order valence-electron chi connectivity index (χ3n) is 4.70. The zero-order valence-corrected chi connectivity index (χ0v) is 11.2. The highest BCUT2D eigenvalue weighted by atomic mass is 16.3. The minimum absolute atomic E-state index is 0.381. The maximum Gasteiger partial charge on any atom is 0.121 e. The van der Waals surface area contributed by atoms with Crippen molar-refractivity contribution in [1.29, 1.82) is 0 Å². The summed E-state index contributed by atoms with van der Waals surface area (Å²) in [4.78, 5) is 0. The Labute approximate surface area is 113 Å². The molecule has 2 aromatic rings. The summed E-state index contributed by atoms with van der Waals surface area (Å²) < 4.78 is 0. The fourth-order valence-electron chi connectivity index (χ4n) is 3.79. The van der Waals surface area contributed by atoms with E-state index in [4.69, 9.17) is 0 Å². The van der Waals surface area contributed by atoms with Crippen molar-refractivity contribution in [1.82, 2.24) is 0 Å². The lowest BCUT2D eigenvalue weighted by atomic mass is 9.90. The summed E-state index contributed by atoms with van der Waals surface area (Å²) in [5.74, 6) is 0.927. The maximum atomic E-state index is 10.2. The number of fused-ring (bicyclic) bond motifs is 5. The van der Waals surface area contributed by atoms with Gasteiger partial charge in [-0.1, -0.05) is 24.3 Å². The van der Waals surface area contributed by atoms with Crippen LogP contribution in [-0.4, -0.2) is 5.11 Å². The summed E-state index contributed by atoms with van der Waals surface area (Å²) >= 11 is 0. The van der Waals surface area contributed by atoms with E-state index >= 15 is 0 Å². The van der Waals surface area contributed by atoms with Crippen LogP contribution in [0.15, 0.2) is 30.3 Å². The van der Waals surface area contributed by atoms with Crippen LogP contribution in [0.25, 0.3) is 0 Å². The molecule has 19 heavy (non-hydrogen) atoms. The van der Waals surface area contributed by atoms with Crippen molar-refractivity contribution in [2.24, 2.45) is 0 Å². The second kappa shape index (κ2) is 3.53. The molecule has 0 radical (unpaired) electrons. The number of hydrogen-bond donors (Lipinski definition) is 2. The van der Waals surface area contributed by atoms with Crippen molar-refractivity contribution in [3.8, 4) is 5.75 Å². The largest absolute Gasteiger partial charge is 0.507 e. The van der Waals surface area contributed by atoms with Gasteiger partial charge in [0.25, 0.3) is 0 Å². The molecule has 2 heteroatoms. The zero-order chi connectivity index (χ0) is 13.1. The predicted octanol–water partition coefficient (Wildman–Crippen LogP) is 3.82. The molecule has 1 heterocycles. The van der Waals surface area contributed by atoms with Crippen molar-refractivity contribution < 1.29 is 5.11 Å². The van der Waals surface area contributed by atoms with Crippen molar-refractivity contribution in [2.45, 2.75) is 32.2 Å². The summed E-state index contributed by atoms with van der Waals surface area (Å²) in [6.07, 6.45) is 1.07. The Morgan fingerprint density at radius 3 is 2.84 bits per heavy atom. The van der Waals surface area contributed by atoms with Crippen LogP contribution in [0.5, 0.6) is 5.75 Å². The van der Waals surface area contributed by atoms with E-state index in [0.29, 0.717) is 17.7 Å². The molecule has 0 bridgehead atoms. The quantitative estimate of drug-likeness (QED) is 0.698. The van der Waals surface area contributed by atoms with Crippen LogP contribution >= 0.6 is 0 Å². The van der Waals surface area contributed by atoms with Crippen LogP contribution in [0.1, 0.15) is 39.8 Å². The van der Waals surface area contributed by atoms with Gasteiger partial charge in [-0.2, -0.15) is 0 Å². The fraction of sp³-hybridized carbons (Fsp3) is 0.294. The lowest BCUT2D eigenvalue weighted by Gasteiger charge is -2.13. The number of anilines is 1. The number of aromatic hydroxyl groups is 1. The van der Waals surface area contributed by atoms with Crippen LogP contribution in [0.4, 0.5) is 5.69 Å². The monoisotopic (exact) mass is 251 g/mol. The first-order valence-corrected chi connectivity index (χ1v) is 6.84. The maximum absolute atomic E-state index is 10.2.